The summed E-state index contributed by atoms with van der Waals surface area (Å²) in [6.45, 7) is 3.38. The van der Waals surface area contributed by atoms with Crippen molar-refractivity contribution in [3.8, 4) is 0 Å². The third-order valence-corrected chi connectivity index (χ3v) is 3.79. The van der Waals surface area contributed by atoms with Crippen molar-refractivity contribution < 1.29 is 9.53 Å². The third kappa shape index (κ3) is 2.33. The molecule has 0 bridgehead atoms. The van der Waals surface area contributed by atoms with E-state index in [0.717, 1.165) is 13.0 Å². The largest absolute Gasteiger partial charge is 0.466 e. The van der Waals surface area contributed by atoms with Gasteiger partial charge < -0.3 is 10.1 Å². The third-order valence-electron chi connectivity index (χ3n) is 3.79. The van der Waals surface area contributed by atoms with Crippen LogP contribution < -0.4 is 5.32 Å². The van der Waals surface area contributed by atoms with Crippen molar-refractivity contribution >= 4 is 5.97 Å². The van der Waals surface area contributed by atoms with Crippen molar-refractivity contribution in [1.29, 1.82) is 0 Å². The van der Waals surface area contributed by atoms with Gasteiger partial charge in [-0.3, -0.25) is 4.79 Å². The second kappa shape index (κ2) is 4.97. The number of piperidine rings is 1. The van der Waals surface area contributed by atoms with Gasteiger partial charge >= 0.3 is 5.97 Å². The minimum atomic E-state index is 0.0379. The second-order valence-electron chi connectivity index (χ2n) is 4.66. The number of nitrogens with one attached hydrogen (secondary N) is 1. The van der Waals surface area contributed by atoms with Crippen molar-refractivity contribution in [2.45, 2.75) is 45.1 Å². The zero-order chi connectivity index (χ0) is 10.7. The summed E-state index contributed by atoms with van der Waals surface area (Å²) in [5, 5.41) is 3.54. The first-order chi connectivity index (χ1) is 7.33. The van der Waals surface area contributed by atoms with Gasteiger partial charge in [-0.25, -0.2) is 0 Å². The number of fused-ring (bicyclic) bond motifs is 1. The zero-order valence-corrected chi connectivity index (χ0v) is 9.50. The van der Waals surface area contributed by atoms with Crippen molar-refractivity contribution in [3.05, 3.63) is 0 Å². The number of esters is 1. The number of rotatable bonds is 2. The van der Waals surface area contributed by atoms with Crippen molar-refractivity contribution in [2.24, 2.45) is 11.8 Å². The first kappa shape index (κ1) is 10.9. The molecule has 1 N–H and O–H groups in total. The molecular weight excluding hydrogens is 190 g/mol. The Balaban J connectivity index is 2.00. The highest BCUT2D eigenvalue weighted by atomic mass is 16.5. The van der Waals surface area contributed by atoms with E-state index in [1.807, 2.05) is 6.92 Å². The zero-order valence-electron chi connectivity index (χ0n) is 9.50. The van der Waals surface area contributed by atoms with E-state index in [-0.39, 0.29) is 11.9 Å². The lowest BCUT2D eigenvalue weighted by molar-refractivity contribution is -0.152. The predicted octanol–water partition coefficient (Wildman–Crippen LogP) is 1.72. The average Bonchev–Trinajstić information content (AvgIpc) is 2.28. The molecule has 3 unspecified atom stereocenters. The van der Waals surface area contributed by atoms with E-state index >= 15 is 0 Å². The van der Waals surface area contributed by atoms with Gasteiger partial charge in [-0.05, 0) is 38.6 Å². The van der Waals surface area contributed by atoms with Gasteiger partial charge in [0.15, 0.2) is 0 Å². The average molecular weight is 211 g/mol. The molecule has 0 aromatic carbocycles. The van der Waals surface area contributed by atoms with Crippen LogP contribution in [-0.4, -0.2) is 25.2 Å². The van der Waals surface area contributed by atoms with Gasteiger partial charge in [0.25, 0.3) is 0 Å². The lowest BCUT2D eigenvalue weighted by atomic mass is 9.73. The maximum absolute atomic E-state index is 11.8. The summed E-state index contributed by atoms with van der Waals surface area (Å²) in [6.07, 6.45) is 5.98. The van der Waals surface area contributed by atoms with Crippen LogP contribution in [0.15, 0.2) is 0 Å². The summed E-state index contributed by atoms with van der Waals surface area (Å²) >= 11 is 0. The Labute approximate surface area is 91.6 Å². The molecule has 1 saturated carbocycles. The van der Waals surface area contributed by atoms with Crippen LogP contribution in [0.2, 0.25) is 0 Å². The highest BCUT2D eigenvalue weighted by Crippen LogP contribution is 2.35. The molecule has 1 heterocycles. The smallest absolute Gasteiger partial charge is 0.309 e. The van der Waals surface area contributed by atoms with E-state index in [4.69, 9.17) is 4.74 Å². The van der Waals surface area contributed by atoms with Crippen LogP contribution in [0.4, 0.5) is 0 Å². The van der Waals surface area contributed by atoms with Crippen LogP contribution in [0, 0.1) is 11.8 Å². The van der Waals surface area contributed by atoms with Gasteiger partial charge in [-0.15, -0.1) is 0 Å². The number of carbonyl (C=O) groups excluding carboxylic acids is 1. The number of hydrogen-bond donors (Lipinski definition) is 1. The van der Waals surface area contributed by atoms with Crippen LogP contribution in [0.1, 0.15) is 39.0 Å². The molecule has 0 aromatic rings. The fourth-order valence-electron chi connectivity index (χ4n) is 3.07. The molecule has 3 heteroatoms. The lowest BCUT2D eigenvalue weighted by Crippen LogP contribution is -2.50. The quantitative estimate of drug-likeness (QED) is 0.707. The van der Waals surface area contributed by atoms with E-state index in [1.165, 1.54) is 25.7 Å². The molecule has 1 saturated heterocycles. The van der Waals surface area contributed by atoms with Crippen molar-refractivity contribution in [3.63, 3.8) is 0 Å². The highest BCUT2D eigenvalue weighted by Gasteiger charge is 2.39. The molecule has 2 fully saturated rings. The minimum Gasteiger partial charge on any atom is -0.466 e. The molecule has 2 aliphatic rings. The van der Waals surface area contributed by atoms with Crippen LogP contribution in [0.25, 0.3) is 0 Å². The van der Waals surface area contributed by atoms with Crippen LogP contribution in [-0.2, 0) is 9.53 Å². The lowest BCUT2D eigenvalue weighted by Gasteiger charge is -2.40. The normalized spacial score (nSPS) is 35.7. The van der Waals surface area contributed by atoms with E-state index in [9.17, 15) is 4.79 Å². The van der Waals surface area contributed by atoms with Gasteiger partial charge in [0.2, 0.25) is 0 Å². The molecule has 0 spiro atoms. The maximum Gasteiger partial charge on any atom is 0.309 e. The van der Waals surface area contributed by atoms with Gasteiger partial charge in [-0.2, -0.15) is 0 Å². The van der Waals surface area contributed by atoms with Crippen molar-refractivity contribution in [2.75, 3.05) is 13.2 Å². The molecule has 0 radical (unpaired) electrons. The molecule has 0 amide bonds. The van der Waals surface area contributed by atoms with E-state index in [2.05, 4.69) is 5.32 Å². The Morgan fingerprint density at radius 1 is 1.33 bits per heavy atom. The minimum absolute atomic E-state index is 0.0379. The molecule has 3 nitrogen and oxygen atoms in total. The van der Waals surface area contributed by atoms with Crippen LogP contribution in [0.3, 0.4) is 0 Å². The van der Waals surface area contributed by atoms with E-state index < -0.39 is 0 Å². The summed E-state index contributed by atoms with van der Waals surface area (Å²) in [5.74, 6) is 0.735. The fraction of sp³-hybridized carbons (Fsp3) is 0.917. The molecule has 1 aliphatic heterocycles. The highest BCUT2D eigenvalue weighted by molar-refractivity contribution is 5.73. The van der Waals surface area contributed by atoms with Gasteiger partial charge in [-0.1, -0.05) is 12.8 Å². The Morgan fingerprint density at radius 2 is 2.13 bits per heavy atom. The molecule has 1 aliphatic carbocycles. The predicted molar refractivity (Wildman–Crippen MR) is 58.5 cm³/mol. The summed E-state index contributed by atoms with van der Waals surface area (Å²) in [7, 11) is 0. The molecule has 2 rings (SSSR count). The van der Waals surface area contributed by atoms with Gasteiger partial charge in [0, 0.05) is 6.04 Å². The number of carbonyl (C=O) groups is 1. The number of ether oxygens (including phenoxy) is 1. The van der Waals surface area contributed by atoms with Gasteiger partial charge in [0.1, 0.15) is 0 Å². The molecular formula is C12H21NO2. The Hall–Kier alpha value is -0.570. The van der Waals surface area contributed by atoms with E-state index in [0.29, 0.717) is 18.6 Å². The van der Waals surface area contributed by atoms with Crippen LogP contribution >= 0.6 is 0 Å². The fourth-order valence-corrected chi connectivity index (χ4v) is 3.07. The number of hydrogen-bond acceptors (Lipinski definition) is 3. The summed E-state index contributed by atoms with van der Waals surface area (Å²) in [5.41, 5.74) is 0. The monoisotopic (exact) mass is 211 g/mol. The Kier molecular flexibility index (Phi) is 3.62. The topological polar surface area (TPSA) is 38.3 Å². The first-order valence-electron chi connectivity index (χ1n) is 6.23. The molecule has 15 heavy (non-hydrogen) atoms. The molecule has 0 aromatic heterocycles. The maximum atomic E-state index is 11.8. The standard InChI is InChI=1S/C12H21NO2/c1-2-15-12(14)10-7-8-13-11-6-4-3-5-9(10)11/h9-11,13H,2-8H2,1H3. The van der Waals surface area contributed by atoms with Gasteiger partial charge in [0.05, 0.1) is 12.5 Å². The summed E-state index contributed by atoms with van der Waals surface area (Å²) < 4.78 is 5.16. The first-order valence-corrected chi connectivity index (χ1v) is 6.23. The molecule has 3 atom stereocenters. The second-order valence-corrected chi connectivity index (χ2v) is 4.66. The van der Waals surface area contributed by atoms with E-state index in [1.54, 1.807) is 0 Å². The summed E-state index contributed by atoms with van der Waals surface area (Å²) in [4.78, 5) is 11.8. The Morgan fingerprint density at radius 3 is 2.93 bits per heavy atom. The summed E-state index contributed by atoms with van der Waals surface area (Å²) in [6, 6.07) is 0.571. The molecule has 86 valence electrons. The van der Waals surface area contributed by atoms with Crippen molar-refractivity contribution in [1.82, 2.24) is 5.32 Å². The Bertz CT molecular complexity index is 228. The van der Waals surface area contributed by atoms with Crippen LogP contribution in [0.5, 0.6) is 0 Å². The SMILES string of the molecule is CCOC(=O)C1CCNC2CCCCC21.